The van der Waals surface area contributed by atoms with Crippen molar-refractivity contribution >= 4 is 28.5 Å². The van der Waals surface area contributed by atoms with Crippen molar-refractivity contribution in [2.45, 2.75) is 25.8 Å². The Labute approximate surface area is 193 Å². The summed E-state index contributed by atoms with van der Waals surface area (Å²) in [5, 5.41) is 5.96. The second-order valence-corrected chi connectivity index (χ2v) is 8.37. The van der Waals surface area contributed by atoms with Gasteiger partial charge in [-0.25, -0.2) is 4.98 Å². The Hall–Kier alpha value is -3.23. The molecule has 0 radical (unpaired) electrons. The Morgan fingerprint density at radius 1 is 1.21 bits per heavy atom. The predicted octanol–water partition coefficient (Wildman–Crippen LogP) is 3.04. The molecule has 0 aliphatic carbocycles. The van der Waals surface area contributed by atoms with Crippen LogP contribution in [0.2, 0.25) is 0 Å². The van der Waals surface area contributed by atoms with Crippen LogP contribution in [-0.4, -0.2) is 65.7 Å². The number of aromatic nitrogens is 2. The lowest BCUT2D eigenvalue weighted by atomic mass is 10.1. The first-order valence-electron chi connectivity index (χ1n) is 11.4. The molecule has 0 bridgehead atoms. The van der Waals surface area contributed by atoms with Crippen LogP contribution in [-0.2, 0) is 16.6 Å². The first kappa shape index (κ1) is 22.9. The first-order valence-corrected chi connectivity index (χ1v) is 11.4. The van der Waals surface area contributed by atoms with Crippen LogP contribution in [0.4, 0.5) is 5.69 Å². The number of carbonyl (C=O) groups excluding carboxylic acids is 2. The Kier molecular flexibility index (Phi) is 7.05. The van der Waals surface area contributed by atoms with Crippen LogP contribution in [0.1, 0.15) is 30.1 Å². The summed E-state index contributed by atoms with van der Waals surface area (Å²) in [6.07, 6.45) is 2.25. The average molecular weight is 450 g/mol. The number of likely N-dealkylation sites (tertiary alicyclic amines) is 1. The van der Waals surface area contributed by atoms with E-state index in [0.29, 0.717) is 29.4 Å². The van der Waals surface area contributed by atoms with Crippen LogP contribution in [0.25, 0.3) is 22.4 Å². The number of ether oxygens (including phenoxy) is 1. The van der Waals surface area contributed by atoms with Gasteiger partial charge in [0.1, 0.15) is 12.4 Å². The highest BCUT2D eigenvalue weighted by atomic mass is 16.5. The Morgan fingerprint density at radius 2 is 2.00 bits per heavy atom. The first-order chi connectivity index (χ1) is 16.0. The van der Waals surface area contributed by atoms with E-state index in [1.807, 2.05) is 41.9 Å². The molecular formula is C25H31N5O3. The third-order valence-electron chi connectivity index (χ3n) is 6.22. The quantitative estimate of drug-likeness (QED) is 0.552. The molecule has 0 saturated carbocycles. The molecular weight excluding hydrogens is 418 g/mol. The minimum atomic E-state index is -0.289. The molecule has 3 aromatic rings. The fourth-order valence-electron chi connectivity index (χ4n) is 4.60. The number of rotatable bonds is 8. The molecule has 8 nitrogen and oxygen atoms in total. The molecule has 33 heavy (non-hydrogen) atoms. The summed E-state index contributed by atoms with van der Waals surface area (Å²) in [6, 6.07) is 13.7. The molecule has 174 valence electrons. The average Bonchev–Trinajstić information content (AvgIpc) is 3.42. The second-order valence-electron chi connectivity index (χ2n) is 8.37. The standard InChI is InChI=1S/C25H31N5O3/c1-4-30-12-8-11-19(30)15-26-25(32)18-13-20(27-22(31)16-33-3)23-21(14-18)28-24(29(23)2)17-9-6-5-7-10-17/h5-7,9-10,13-14,19H,4,8,11-12,15-16H2,1-3H3,(H,26,32)(H,27,31)/t19-/m0/s1. The van der Waals surface area contributed by atoms with Crippen molar-refractivity contribution in [2.24, 2.45) is 7.05 Å². The second kappa shape index (κ2) is 10.1. The minimum absolute atomic E-state index is 0.0736. The van der Waals surface area contributed by atoms with Gasteiger partial charge in [0.05, 0.1) is 16.7 Å². The van der Waals surface area contributed by atoms with E-state index in [4.69, 9.17) is 9.72 Å². The fourth-order valence-corrected chi connectivity index (χ4v) is 4.60. The number of methoxy groups -OCH3 is 1. The lowest BCUT2D eigenvalue weighted by Gasteiger charge is -2.23. The fraction of sp³-hybridized carbons (Fsp3) is 0.400. The van der Waals surface area contributed by atoms with E-state index in [1.165, 1.54) is 7.11 Å². The van der Waals surface area contributed by atoms with Crippen molar-refractivity contribution in [3.05, 3.63) is 48.0 Å². The molecule has 1 fully saturated rings. The predicted molar refractivity (Wildman–Crippen MR) is 129 cm³/mol. The molecule has 1 aromatic heterocycles. The number of fused-ring (bicyclic) bond motifs is 1. The maximum absolute atomic E-state index is 13.1. The van der Waals surface area contributed by atoms with Gasteiger partial charge in [0.2, 0.25) is 5.91 Å². The Bertz CT molecular complexity index is 1140. The summed E-state index contributed by atoms with van der Waals surface area (Å²) in [5.41, 5.74) is 3.36. The van der Waals surface area contributed by atoms with Crippen LogP contribution >= 0.6 is 0 Å². The lowest BCUT2D eigenvalue weighted by Crippen LogP contribution is -2.40. The molecule has 2 N–H and O–H groups in total. The number of nitrogens with one attached hydrogen (secondary N) is 2. The molecule has 1 atom stereocenters. The number of anilines is 1. The molecule has 1 aliphatic rings. The zero-order chi connectivity index (χ0) is 23.4. The van der Waals surface area contributed by atoms with E-state index in [1.54, 1.807) is 12.1 Å². The van der Waals surface area contributed by atoms with Crippen molar-refractivity contribution in [1.29, 1.82) is 0 Å². The van der Waals surface area contributed by atoms with E-state index in [2.05, 4.69) is 22.5 Å². The third kappa shape index (κ3) is 4.91. The number of imidazole rings is 1. The number of amides is 2. The Morgan fingerprint density at radius 3 is 2.73 bits per heavy atom. The van der Waals surface area contributed by atoms with Gasteiger partial charge in [-0.1, -0.05) is 37.3 Å². The summed E-state index contributed by atoms with van der Waals surface area (Å²) in [6.45, 7) is 4.74. The van der Waals surface area contributed by atoms with Crippen LogP contribution in [0.3, 0.4) is 0 Å². The monoisotopic (exact) mass is 449 g/mol. The smallest absolute Gasteiger partial charge is 0.251 e. The van der Waals surface area contributed by atoms with Crippen molar-refractivity contribution in [3.8, 4) is 11.4 Å². The van der Waals surface area contributed by atoms with E-state index in [0.717, 1.165) is 42.8 Å². The number of nitrogens with zero attached hydrogens (tertiary/aromatic N) is 3. The third-order valence-corrected chi connectivity index (χ3v) is 6.22. The zero-order valence-electron chi connectivity index (χ0n) is 19.4. The molecule has 2 aromatic carbocycles. The van der Waals surface area contributed by atoms with Crippen LogP contribution < -0.4 is 10.6 Å². The van der Waals surface area contributed by atoms with E-state index in [9.17, 15) is 9.59 Å². The molecule has 1 aliphatic heterocycles. The van der Waals surface area contributed by atoms with Gasteiger partial charge in [-0.05, 0) is 38.1 Å². The van der Waals surface area contributed by atoms with Gasteiger partial charge < -0.3 is 19.9 Å². The van der Waals surface area contributed by atoms with E-state index >= 15 is 0 Å². The maximum atomic E-state index is 13.1. The van der Waals surface area contributed by atoms with Crippen molar-refractivity contribution in [1.82, 2.24) is 19.8 Å². The number of hydrogen-bond acceptors (Lipinski definition) is 5. The number of aryl methyl sites for hydroxylation is 1. The van der Waals surface area contributed by atoms with Gasteiger partial charge in [-0.2, -0.15) is 0 Å². The Balaban J connectivity index is 1.68. The highest BCUT2D eigenvalue weighted by Gasteiger charge is 2.24. The van der Waals surface area contributed by atoms with Crippen LogP contribution in [0, 0.1) is 0 Å². The van der Waals surface area contributed by atoms with Gasteiger partial charge >= 0.3 is 0 Å². The molecule has 2 amide bonds. The maximum Gasteiger partial charge on any atom is 0.251 e. The number of carbonyl (C=O) groups is 2. The van der Waals surface area contributed by atoms with Gasteiger partial charge in [-0.15, -0.1) is 0 Å². The van der Waals surface area contributed by atoms with E-state index in [-0.39, 0.29) is 18.4 Å². The molecule has 0 spiro atoms. The van der Waals surface area contributed by atoms with Crippen molar-refractivity contribution in [2.75, 3.05) is 38.7 Å². The topological polar surface area (TPSA) is 88.5 Å². The summed E-state index contributed by atoms with van der Waals surface area (Å²) < 4.78 is 6.91. The number of benzene rings is 2. The lowest BCUT2D eigenvalue weighted by molar-refractivity contribution is -0.119. The van der Waals surface area contributed by atoms with Crippen molar-refractivity contribution in [3.63, 3.8) is 0 Å². The number of likely N-dealkylation sites (N-methyl/N-ethyl adjacent to an activating group) is 1. The summed E-state index contributed by atoms with van der Waals surface area (Å²) in [4.78, 5) is 32.6. The summed E-state index contributed by atoms with van der Waals surface area (Å²) >= 11 is 0. The van der Waals surface area contributed by atoms with Gasteiger partial charge in [0, 0.05) is 37.9 Å². The molecule has 4 rings (SSSR count). The molecule has 0 unspecified atom stereocenters. The SMILES string of the molecule is CCN1CCC[C@H]1CNC(=O)c1cc(NC(=O)COC)c2c(c1)nc(-c1ccccc1)n2C. The normalized spacial score (nSPS) is 16.3. The van der Waals surface area contributed by atoms with Gasteiger partial charge in [-0.3, -0.25) is 14.5 Å². The van der Waals surface area contributed by atoms with Crippen molar-refractivity contribution < 1.29 is 14.3 Å². The minimum Gasteiger partial charge on any atom is -0.375 e. The zero-order valence-corrected chi connectivity index (χ0v) is 19.4. The highest BCUT2D eigenvalue weighted by molar-refractivity contribution is 6.06. The van der Waals surface area contributed by atoms with Gasteiger partial charge in [0.25, 0.3) is 5.91 Å². The molecule has 1 saturated heterocycles. The summed E-state index contributed by atoms with van der Waals surface area (Å²) in [7, 11) is 3.38. The van der Waals surface area contributed by atoms with Crippen LogP contribution in [0.5, 0.6) is 0 Å². The molecule has 2 heterocycles. The van der Waals surface area contributed by atoms with Gasteiger partial charge in [0.15, 0.2) is 0 Å². The van der Waals surface area contributed by atoms with Crippen LogP contribution in [0.15, 0.2) is 42.5 Å². The number of hydrogen-bond donors (Lipinski definition) is 2. The van der Waals surface area contributed by atoms with E-state index < -0.39 is 0 Å². The molecule has 8 heteroatoms. The highest BCUT2D eigenvalue weighted by Crippen LogP contribution is 2.30. The largest absolute Gasteiger partial charge is 0.375 e. The summed E-state index contributed by atoms with van der Waals surface area (Å²) in [5.74, 6) is 0.298.